The van der Waals surface area contributed by atoms with E-state index in [1.807, 2.05) is 48.5 Å². The number of carboxylic acids is 1. The van der Waals surface area contributed by atoms with Crippen LogP contribution < -0.4 is 4.74 Å². The lowest BCUT2D eigenvalue weighted by Crippen LogP contribution is -2.39. The van der Waals surface area contributed by atoms with E-state index in [-0.39, 0.29) is 24.5 Å². The first kappa shape index (κ1) is 23.8. The molecule has 0 spiro atoms. The topological polar surface area (TPSA) is 92.5 Å². The van der Waals surface area contributed by atoms with E-state index >= 15 is 0 Å². The molecule has 34 heavy (non-hydrogen) atoms. The van der Waals surface area contributed by atoms with Crippen molar-refractivity contribution in [3.63, 3.8) is 0 Å². The van der Waals surface area contributed by atoms with Gasteiger partial charge in [-0.1, -0.05) is 30.3 Å². The van der Waals surface area contributed by atoms with Gasteiger partial charge < -0.3 is 23.9 Å². The molecule has 0 aliphatic carbocycles. The fraction of sp³-hybridized carbons (Fsp3) is 0.385. The summed E-state index contributed by atoms with van der Waals surface area (Å²) < 4.78 is 16.7. The van der Waals surface area contributed by atoms with Gasteiger partial charge in [-0.05, 0) is 36.2 Å². The summed E-state index contributed by atoms with van der Waals surface area (Å²) in [5.41, 5.74) is 1.64. The number of amides is 1. The van der Waals surface area contributed by atoms with E-state index in [9.17, 15) is 9.59 Å². The van der Waals surface area contributed by atoms with Crippen molar-refractivity contribution >= 4 is 22.8 Å². The first-order valence-electron chi connectivity index (χ1n) is 11.4. The van der Waals surface area contributed by atoms with E-state index in [2.05, 4.69) is 4.90 Å². The molecule has 8 heteroatoms. The second-order valence-electron chi connectivity index (χ2n) is 8.61. The maximum Gasteiger partial charge on any atom is 0.341 e. The number of likely N-dealkylation sites (N-methyl/N-ethyl adjacent to an activating group) is 1. The van der Waals surface area contributed by atoms with Crippen LogP contribution in [0, 0.1) is 0 Å². The van der Waals surface area contributed by atoms with Gasteiger partial charge in [-0.3, -0.25) is 9.69 Å². The van der Waals surface area contributed by atoms with Crippen LogP contribution >= 0.6 is 0 Å². The van der Waals surface area contributed by atoms with E-state index in [4.69, 9.17) is 19.0 Å². The Bertz CT molecular complexity index is 1110. The van der Waals surface area contributed by atoms with Crippen molar-refractivity contribution in [1.82, 2.24) is 9.80 Å². The fourth-order valence-corrected chi connectivity index (χ4v) is 4.38. The van der Waals surface area contributed by atoms with Gasteiger partial charge >= 0.3 is 5.97 Å². The Kier molecular flexibility index (Phi) is 7.49. The zero-order valence-corrected chi connectivity index (χ0v) is 19.5. The Morgan fingerprint density at radius 1 is 1.21 bits per heavy atom. The molecule has 1 N–H and O–H groups in total. The highest BCUT2D eigenvalue weighted by molar-refractivity contribution is 5.82. The third-order valence-corrected chi connectivity index (χ3v) is 6.26. The van der Waals surface area contributed by atoms with E-state index in [1.165, 1.54) is 0 Å². The fourth-order valence-electron chi connectivity index (χ4n) is 4.38. The molecule has 1 fully saturated rings. The van der Waals surface area contributed by atoms with Crippen molar-refractivity contribution in [2.75, 3.05) is 40.4 Å². The van der Waals surface area contributed by atoms with Crippen molar-refractivity contribution in [2.24, 2.45) is 0 Å². The molecule has 1 amide bonds. The molecule has 8 nitrogen and oxygen atoms in total. The first-order valence-corrected chi connectivity index (χ1v) is 11.4. The predicted molar refractivity (Wildman–Crippen MR) is 127 cm³/mol. The van der Waals surface area contributed by atoms with E-state index in [1.54, 1.807) is 25.1 Å². The molecule has 2 atom stereocenters. The van der Waals surface area contributed by atoms with Crippen LogP contribution in [-0.2, 0) is 20.7 Å². The van der Waals surface area contributed by atoms with Gasteiger partial charge in [-0.25, -0.2) is 4.79 Å². The van der Waals surface area contributed by atoms with Crippen LogP contribution in [0.15, 0.2) is 59.0 Å². The second kappa shape index (κ2) is 10.7. The molecular weight excluding hydrogens is 436 g/mol. The molecular formula is C26H30N2O6. The number of carbonyl (C=O) groups excluding carboxylic acids is 1. The van der Waals surface area contributed by atoms with Crippen molar-refractivity contribution in [3.8, 4) is 5.75 Å². The molecule has 0 saturated carbocycles. The molecule has 3 aromatic rings. The lowest BCUT2D eigenvalue weighted by molar-refractivity contribution is -0.139. The molecule has 1 aliphatic rings. The molecule has 1 aliphatic heterocycles. The minimum atomic E-state index is -1.04. The Balaban J connectivity index is 1.54. The zero-order valence-electron chi connectivity index (χ0n) is 19.5. The average Bonchev–Trinajstić information content (AvgIpc) is 3.47. The van der Waals surface area contributed by atoms with Crippen LogP contribution in [-0.4, -0.2) is 73.3 Å². The Morgan fingerprint density at radius 2 is 2.03 bits per heavy atom. The minimum Gasteiger partial charge on any atom is -0.482 e. The summed E-state index contributed by atoms with van der Waals surface area (Å²) >= 11 is 0. The summed E-state index contributed by atoms with van der Waals surface area (Å²) in [5.74, 6) is -0.0265. The number of nitrogens with zero attached hydrogens (tertiary/aromatic N) is 2. The predicted octanol–water partition coefficient (Wildman–Crippen LogP) is 3.36. The third-order valence-electron chi connectivity index (χ3n) is 6.26. The standard InChI is InChI=1S/C26H30N2O6/c1-27(25(29)14-22-13-19-6-3-4-9-24(19)34-22)23(16-28-11-10-21(15-28)32-2)18-7-5-8-20(12-18)33-17-26(30)31/h3-9,12-13,21,23H,10-11,14-17H2,1-2H3,(H,30,31)/t21-,23-/m1/s1. The summed E-state index contributed by atoms with van der Waals surface area (Å²) in [5, 5.41) is 9.91. The van der Waals surface area contributed by atoms with E-state index in [0.29, 0.717) is 18.1 Å². The number of fused-ring (bicyclic) bond motifs is 1. The highest BCUT2D eigenvalue weighted by Crippen LogP contribution is 2.28. The normalized spacial score (nSPS) is 17.1. The number of benzene rings is 2. The number of likely N-dealkylation sites (tertiary alicyclic amines) is 1. The van der Waals surface area contributed by atoms with Crippen molar-refractivity contribution < 1.29 is 28.6 Å². The van der Waals surface area contributed by atoms with Gasteiger partial charge in [-0.15, -0.1) is 0 Å². The number of rotatable bonds is 10. The second-order valence-corrected chi connectivity index (χ2v) is 8.61. The monoisotopic (exact) mass is 466 g/mol. The van der Waals surface area contributed by atoms with Crippen LogP contribution in [0.4, 0.5) is 0 Å². The molecule has 1 aromatic heterocycles. The summed E-state index contributed by atoms with van der Waals surface area (Å²) in [6.45, 7) is 1.89. The van der Waals surface area contributed by atoms with Crippen LogP contribution in [0.1, 0.15) is 23.8 Å². The highest BCUT2D eigenvalue weighted by Gasteiger charge is 2.29. The van der Waals surface area contributed by atoms with Gasteiger partial charge in [0.15, 0.2) is 6.61 Å². The SMILES string of the molecule is CO[C@@H]1CCN(C[C@H](c2cccc(OCC(=O)O)c2)N(C)C(=O)Cc2cc3ccccc3o2)C1. The molecule has 0 bridgehead atoms. The number of carboxylic acid groups (broad SMARTS) is 1. The van der Waals surface area contributed by atoms with Gasteiger partial charge in [0.1, 0.15) is 17.1 Å². The van der Waals surface area contributed by atoms with Crippen LogP contribution in [0.2, 0.25) is 0 Å². The Labute approximate surface area is 198 Å². The quantitative estimate of drug-likeness (QED) is 0.490. The number of para-hydroxylation sites is 1. The third kappa shape index (κ3) is 5.76. The number of carbonyl (C=O) groups is 2. The molecule has 0 radical (unpaired) electrons. The lowest BCUT2D eigenvalue weighted by Gasteiger charge is -2.32. The van der Waals surface area contributed by atoms with Crippen LogP contribution in [0.5, 0.6) is 5.75 Å². The number of ether oxygens (including phenoxy) is 2. The van der Waals surface area contributed by atoms with Crippen LogP contribution in [0.3, 0.4) is 0 Å². The molecule has 4 rings (SSSR count). The van der Waals surface area contributed by atoms with Crippen LogP contribution in [0.25, 0.3) is 11.0 Å². The summed E-state index contributed by atoms with van der Waals surface area (Å²) in [4.78, 5) is 28.2. The minimum absolute atomic E-state index is 0.0663. The smallest absolute Gasteiger partial charge is 0.341 e. The van der Waals surface area contributed by atoms with E-state index < -0.39 is 12.6 Å². The largest absolute Gasteiger partial charge is 0.482 e. The lowest BCUT2D eigenvalue weighted by atomic mass is 10.0. The first-order chi connectivity index (χ1) is 16.4. The van der Waals surface area contributed by atoms with Crippen molar-refractivity contribution in [3.05, 3.63) is 65.9 Å². The van der Waals surface area contributed by atoms with Gasteiger partial charge in [0.2, 0.25) is 5.91 Å². The number of methoxy groups -OCH3 is 1. The van der Waals surface area contributed by atoms with Gasteiger partial charge in [0, 0.05) is 39.2 Å². The number of furan rings is 1. The Morgan fingerprint density at radius 3 is 2.76 bits per heavy atom. The maximum atomic E-state index is 13.3. The van der Waals surface area contributed by atoms with Gasteiger partial charge in [-0.2, -0.15) is 0 Å². The number of aliphatic carboxylic acids is 1. The average molecular weight is 467 g/mol. The van der Waals surface area contributed by atoms with Crippen molar-refractivity contribution in [2.45, 2.75) is 25.0 Å². The highest BCUT2D eigenvalue weighted by atomic mass is 16.5. The zero-order chi connectivity index (χ0) is 24.1. The summed E-state index contributed by atoms with van der Waals surface area (Å²) in [7, 11) is 3.52. The van der Waals surface area contributed by atoms with Crippen molar-refractivity contribution in [1.29, 1.82) is 0 Å². The molecule has 2 aromatic carbocycles. The Hall–Kier alpha value is -3.36. The molecule has 1 saturated heterocycles. The van der Waals surface area contributed by atoms with Gasteiger partial charge in [0.05, 0.1) is 18.6 Å². The molecule has 0 unspecified atom stereocenters. The van der Waals surface area contributed by atoms with Gasteiger partial charge in [0.25, 0.3) is 0 Å². The summed E-state index contributed by atoms with van der Waals surface area (Å²) in [6, 6.07) is 16.6. The molecule has 180 valence electrons. The number of hydrogen-bond donors (Lipinski definition) is 1. The number of hydrogen-bond acceptors (Lipinski definition) is 6. The maximum absolute atomic E-state index is 13.3. The molecule has 2 heterocycles. The van der Waals surface area contributed by atoms with E-state index in [0.717, 1.165) is 36.0 Å². The summed E-state index contributed by atoms with van der Waals surface area (Å²) in [6.07, 6.45) is 1.28.